The molecule has 5 nitrogen and oxygen atoms in total. The molecule has 1 heterocycles. The van der Waals surface area contributed by atoms with Crippen LogP contribution >= 0.6 is 0 Å². The molecule has 0 fully saturated rings. The van der Waals surface area contributed by atoms with Gasteiger partial charge in [0.1, 0.15) is 0 Å². The number of aromatic nitrogens is 2. The van der Waals surface area contributed by atoms with E-state index in [2.05, 4.69) is 17.3 Å². The van der Waals surface area contributed by atoms with Gasteiger partial charge in [-0.05, 0) is 18.6 Å². The number of carboxylic acid groups (broad SMARTS) is 1. The van der Waals surface area contributed by atoms with Crippen LogP contribution in [-0.4, -0.2) is 20.9 Å². The maximum absolute atomic E-state index is 11.1. The van der Waals surface area contributed by atoms with Crippen LogP contribution < -0.4 is 5.32 Å². The maximum Gasteiger partial charge on any atom is 0.337 e. The van der Waals surface area contributed by atoms with E-state index >= 15 is 0 Å². The summed E-state index contributed by atoms with van der Waals surface area (Å²) in [5, 5.41) is 16.6. The fourth-order valence-corrected chi connectivity index (χ4v) is 2.04. The third-order valence-corrected chi connectivity index (χ3v) is 2.95. The number of hydrogen-bond acceptors (Lipinski definition) is 3. The predicted octanol–water partition coefficient (Wildman–Crippen LogP) is 2.29. The standard InChI is InChI=1S/C14H17N3O2/c1-3-12-10(9-17(2)16-12)8-15-13-7-5-4-6-11(13)14(18)19/h4-7,9,15H,3,8H2,1-2H3,(H,18,19). The zero-order chi connectivity index (χ0) is 13.8. The Labute approximate surface area is 111 Å². The molecular weight excluding hydrogens is 242 g/mol. The number of nitrogens with one attached hydrogen (secondary N) is 1. The molecule has 0 aliphatic rings. The van der Waals surface area contributed by atoms with Crippen molar-refractivity contribution in [2.75, 3.05) is 5.32 Å². The molecular formula is C14H17N3O2. The van der Waals surface area contributed by atoms with E-state index in [0.29, 0.717) is 12.2 Å². The fourth-order valence-electron chi connectivity index (χ4n) is 2.04. The molecule has 0 aliphatic carbocycles. The number of anilines is 1. The molecule has 0 aliphatic heterocycles. The zero-order valence-electron chi connectivity index (χ0n) is 11.1. The molecule has 2 rings (SSSR count). The minimum absolute atomic E-state index is 0.282. The van der Waals surface area contributed by atoms with Crippen molar-refractivity contribution in [2.24, 2.45) is 7.05 Å². The summed E-state index contributed by atoms with van der Waals surface area (Å²) in [7, 11) is 1.88. The molecule has 0 unspecified atom stereocenters. The van der Waals surface area contributed by atoms with Crippen LogP contribution in [0.15, 0.2) is 30.5 Å². The van der Waals surface area contributed by atoms with Gasteiger partial charge in [0, 0.05) is 31.0 Å². The van der Waals surface area contributed by atoms with E-state index in [0.717, 1.165) is 17.7 Å². The van der Waals surface area contributed by atoms with E-state index in [-0.39, 0.29) is 5.56 Å². The average Bonchev–Trinajstić information content (AvgIpc) is 2.77. The summed E-state index contributed by atoms with van der Waals surface area (Å²) in [4.78, 5) is 11.1. The number of nitrogens with zero attached hydrogens (tertiary/aromatic N) is 2. The molecule has 1 aromatic heterocycles. The van der Waals surface area contributed by atoms with E-state index in [1.807, 2.05) is 19.3 Å². The zero-order valence-corrected chi connectivity index (χ0v) is 11.1. The van der Waals surface area contributed by atoms with E-state index in [1.54, 1.807) is 22.9 Å². The van der Waals surface area contributed by atoms with Gasteiger partial charge in [0.05, 0.1) is 11.3 Å². The normalized spacial score (nSPS) is 10.4. The summed E-state index contributed by atoms with van der Waals surface area (Å²) in [6, 6.07) is 6.90. The van der Waals surface area contributed by atoms with E-state index in [4.69, 9.17) is 5.11 Å². The van der Waals surface area contributed by atoms with Crippen LogP contribution in [0.2, 0.25) is 0 Å². The minimum atomic E-state index is -0.926. The van der Waals surface area contributed by atoms with Crippen LogP contribution in [-0.2, 0) is 20.0 Å². The Morgan fingerprint density at radius 1 is 1.42 bits per heavy atom. The predicted molar refractivity (Wildman–Crippen MR) is 73.3 cm³/mol. The molecule has 0 radical (unpaired) electrons. The van der Waals surface area contributed by atoms with Crippen LogP contribution in [0.5, 0.6) is 0 Å². The van der Waals surface area contributed by atoms with Gasteiger partial charge in [-0.25, -0.2) is 4.79 Å². The highest BCUT2D eigenvalue weighted by atomic mass is 16.4. The summed E-state index contributed by atoms with van der Waals surface area (Å²) in [6.45, 7) is 2.62. The summed E-state index contributed by atoms with van der Waals surface area (Å²) >= 11 is 0. The number of benzene rings is 1. The van der Waals surface area contributed by atoms with Crippen LogP contribution in [0.1, 0.15) is 28.5 Å². The van der Waals surface area contributed by atoms with Crippen molar-refractivity contribution in [1.82, 2.24) is 9.78 Å². The van der Waals surface area contributed by atoms with Gasteiger partial charge in [0.25, 0.3) is 0 Å². The Kier molecular flexibility index (Phi) is 3.85. The lowest BCUT2D eigenvalue weighted by Crippen LogP contribution is -2.06. The Hall–Kier alpha value is -2.30. The lowest BCUT2D eigenvalue weighted by Gasteiger charge is -2.08. The summed E-state index contributed by atoms with van der Waals surface area (Å²) < 4.78 is 1.78. The van der Waals surface area contributed by atoms with E-state index in [1.165, 1.54) is 0 Å². The van der Waals surface area contributed by atoms with Crippen molar-refractivity contribution >= 4 is 11.7 Å². The summed E-state index contributed by atoms with van der Waals surface area (Å²) in [6.07, 6.45) is 2.81. The first-order valence-electron chi connectivity index (χ1n) is 6.19. The lowest BCUT2D eigenvalue weighted by atomic mass is 10.1. The van der Waals surface area contributed by atoms with Crippen molar-refractivity contribution < 1.29 is 9.90 Å². The van der Waals surface area contributed by atoms with Gasteiger partial charge >= 0.3 is 5.97 Å². The fraction of sp³-hybridized carbons (Fsp3) is 0.286. The average molecular weight is 259 g/mol. The second kappa shape index (κ2) is 5.56. The largest absolute Gasteiger partial charge is 0.478 e. The highest BCUT2D eigenvalue weighted by molar-refractivity contribution is 5.94. The smallest absolute Gasteiger partial charge is 0.337 e. The first kappa shape index (κ1) is 13.1. The second-order valence-electron chi connectivity index (χ2n) is 4.33. The molecule has 0 saturated heterocycles. The van der Waals surface area contributed by atoms with E-state index < -0.39 is 5.97 Å². The van der Waals surface area contributed by atoms with Gasteiger partial charge in [0.15, 0.2) is 0 Å². The first-order valence-corrected chi connectivity index (χ1v) is 6.19. The number of aryl methyl sites for hydroxylation is 2. The molecule has 0 amide bonds. The Morgan fingerprint density at radius 2 is 2.16 bits per heavy atom. The van der Waals surface area contributed by atoms with Gasteiger partial charge in [0.2, 0.25) is 0 Å². The Bertz CT molecular complexity index is 590. The molecule has 2 N–H and O–H groups in total. The monoisotopic (exact) mass is 259 g/mol. The number of para-hydroxylation sites is 1. The summed E-state index contributed by atoms with van der Waals surface area (Å²) in [5.74, 6) is -0.926. The van der Waals surface area contributed by atoms with Crippen molar-refractivity contribution in [1.29, 1.82) is 0 Å². The quantitative estimate of drug-likeness (QED) is 0.864. The highest BCUT2D eigenvalue weighted by Gasteiger charge is 2.10. The Morgan fingerprint density at radius 3 is 2.84 bits per heavy atom. The van der Waals surface area contributed by atoms with E-state index in [9.17, 15) is 4.79 Å². The molecule has 0 spiro atoms. The van der Waals surface area contributed by atoms with Gasteiger partial charge in [-0.3, -0.25) is 4.68 Å². The van der Waals surface area contributed by atoms with Gasteiger partial charge in [-0.15, -0.1) is 0 Å². The van der Waals surface area contributed by atoms with Gasteiger partial charge in [-0.1, -0.05) is 19.1 Å². The number of hydrogen-bond donors (Lipinski definition) is 2. The van der Waals surface area contributed by atoms with Crippen molar-refractivity contribution in [3.63, 3.8) is 0 Å². The molecule has 0 saturated carbocycles. The molecule has 0 bridgehead atoms. The first-order chi connectivity index (χ1) is 9.11. The third-order valence-electron chi connectivity index (χ3n) is 2.95. The van der Waals surface area contributed by atoms with Crippen molar-refractivity contribution in [2.45, 2.75) is 19.9 Å². The van der Waals surface area contributed by atoms with Crippen LogP contribution in [0.25, 0.3) is 0 Å². The maximum atomic E-state index is 11.1. The number of carbonyl (C=O) groups is 1. The number of rotatable bonds is 5. The minimum Gasteiger partial charge on any atom is -0.478 e. The van der Waals surface area contributed by atoms with Gasteiger partial charge in [-0.2, -0.15) is 5.10 Å². The molecule has 0 atom stereocenters. The van der Waals surface area contributed by atoms with Crippen molar-refractivity contribution in [3.05, 3.63) is 47.3 Å². The Balaban J connectivity index is 2.16. The molecule has 1 aromatic carbocycles. The number of aromatic carboxylic acids is 1. The third kappa shape index (κ3) is 2.93. The van der Waals surface area contributed by atoms with Crippen LogP contribution in [0.4, 0.5) is 5.69 Å². The SMILES string of the molecule is CCc1nn(C)cc1CNc1ccccc1C(=O)O. The number of carboxylic acids is 1. The molecule has 100 valence electrons. The topological polar surface area (TPSA) is 67.2 Å². The molecule has 19 heavy (non-hydrogen) atoms. The molecule has 5 heteroatoms. The van der Waals surface area contributed by atoms with Gasteiger partial charge < -0.3 is 10.4 Å². The lowest BCUT2D eigenvalue weighted by molar-refractivity contribution is 0.0698. The second-order valence-corrected chi connectivity index (χ2v) is 4.33. The highest BCUT2D eigenvalue weighted by Crippen LogP contribution is 2.17. The molecule has 2 aromatic rings. The van der Waals surface area contributed by atoms with Crippen LogP contribution in [0.3, 0.4) is 0 Å². The van der Waals surface area contributed by atoms with Crippen LogP contribution in [0, 0.1) is 0 Å². The van der Waals surface area contributed by atoms with Crippen molar-refractivity contribution in [3.8, 4) is 0 Å². The summed E-state index contributed by atoms with van der Waals surface area (Å²) in [5.41, 5.74) is 3.03.